The van der Waals surface area contributed by atoms with E-state index in [1.807, 2.05) is 19.1 Å². The summed E-state index contributed by atoms with van der Waals surface area (Å²) in [7, 11) is 0. The fourth-order valence-electron chi connectivity index (χ4n) is 5.49. The topological polar surface area (TPSA) is 9.23 Å². The van der Waals surface area contributed by atoms with Crippen molar-refractivity contribution in [3.8, 4) is 22.3 Å². The van der Waals surface area contributed by atoms with Crippen molar-refractivity contribution in [1.82, 2.24) is 0 Å². The maximum absolute atomic E-state index is 15.2. The number of aryl methyl sites for hydroxylation is 1. The fraction of sp³-hybridized carbons (Fsp3) is 0.471. The molecule has 3 aromatic rings. The SMILES string of the molecule is CCCCCCCC1CCC(c2ccc(-c3ccc(-c4ccc(CCCC)c(F)c4F)cc3)c(F)c2)CO1. The Bertz CT molecular complexity index is 1160. The van der Waals surface area contributed by atoms with E-state index in [9.17, 15) is 8.78 Å². The highest BCUT2D eigenvalue weighted by atomic mass is 19.2. The van der Waals surface area contributed by atoms with Gasteiger partial charge < -0.3 is 4.74 Å². The Morgan fingerprint density at radius 3 is 2.05 bits per heavy atom. The van der Waals surface area contributed by atoms with Gasteiger partial charge in [-0.3, -0.25) is 0 Å². The molecule has 4 rings (SSSR count). The van der Waals surface area contributed by atoms with Crippen molar-refractivity contribution in [3.05, 3.63) is 83.2 Å². The predicted molar refractivity (Wildman–Crippen MR) is 151 cm³/mol. The molecule has 1 aliphatic heterocycles. The molecule has 1 heterocycles. The van der Waals surface area contributed by atoms with Crippen LogP contribution in [0.4, 0.5) is 13.2 Å². The van der Waals surface area contributed by atoms with Gasteiger partial charge in [-0.1, -0.05) is 101 Å². The number of ether oxygens (including phenoxy) is 1. The maximum Gasteiger partial charge on any atom is 0.166 e. The fourth-order valence-corrected chi connectivity index (χ4v) is 5.49. The first-order chi connectivity index (χ1) is 18.5. The van der Waals surface area contributed by atoms with Gasteiger partial charge in [-0.2, -0.15) is 0 Å². The minimum absolute atomic E-state index is 0.218. The second-order valence-electron chi connectivity index (χ2n) is 10.8. The molecule has 204 valence electrons. The van der Waals surface area contributed by atoms with Crippen LogP contribution in [0.25, 0.3) is 22.3 Å². The van der Waals surface area contributed by atoms with Gasteiger partial charge in [-0.25, -0.2) is 13.2 Å². The third-order valence-corrected chi connectivity index (χ3v) is 7.93. The van der Waals surface area contributed by atoms with Gasteiger partial charge >= 0.3 is 0 Å². The molecule has 3 aromatic carbocycles. The summed E-state index contributed by atoms with van der Waals surface area (Å²) in [5.41, 5.74) is 3.40. The molecule has 0 amide bonds. The monoisotopic (exact) mass is 522 g/mol. The van der Waals surface area contributed by atoms with E-state index < -0.39 is 11.6 Å². The zero-order valence-corrected chi connectivity index (χ0v) is 22.9. The molecule has 0 bridgehead atoms. The Morgan fingerprint density at radius 1 is 0.711 bits per heavy atom. The number of unbranched alkanes of at least 4 members (excludes halogenated alkanes) is 5. The van der Waals surface area contributed by atoms with Gasteiger partial charge in [0.15, 0.2) is 11.6 Å². The zero-order chi connectivity index (χ0) is 26.9. The van der Waals surface area contributed by atoms with Crippen molar-refractivity contribution >= 4 is 0 Å². The molecule has 0 saturated carbocycles. The highest BCUT2D eigenvalue weighted by Crippen LogP contribution is 2.34. The van der Waals surface area contributed by atoms with Gasteiger partial charge in [0, 0.05) is 17.0 Å². The molecule has 0 aliphatic carbocycles. The number of benzene rings is 3. The molecule has 1 aliphatic rings. The summed E-state index contributed by atoms with van der Waals surface area (Å²) in [4.78, 5) is 0. The lowest BCUT2D eigenvalue weighted by Crippen LogP contribution is -2.24. The standard InChI is InChI=1S/C34H41F3O/c1-3-5-7-8-9-11-29-19-16-28(23-38-29)27-18-20-30(32(35)22-27)24-12-14-25(15-13-24)31-21-17-26(10-6-4-2)33(36)34(31)37/h12-15,17-18,20-22,28-29H,3-11,16,19,23H2,1-2H3. The molecule has 2 unspecified atom stereocenters. The van der Waals surface area contributed by atoms with Crippen LogP contribution in [0.3, 0.4) is 0 Å². The number of halogens is 3. The second kappa shape index (κ2) is 14.0. The van der Waals surface area contributed by atoms with Crippen molar-refractivity contribution in [2.75, 3.05) is 6.61 Å². The van der Waals surface area contributed by atoms with Gasteiger partial charge in [0.2, 0.25) is 0 Å². The summed E-state index contributed by atoms with van der Waals surface area (Å²) in [6, 6.07) is 15.7. The summed E-state index contributed by atoms with van der Waals surface area (Å²) in [6.07, 6.45) is 12.2. The van der Waals surface area contributed by atoms with Gasteiger partial charge in [0.25, 0.3) is 0 Å². The van der Waals surface area contributed by atoms with E-state index in [1.165, 1.54) is 32.1 Å². The molecular weight excluding hydrogens is 481 g/mol. The van der Waals surface area contributed by atoms with Gasteiger partial charge in [-0.05, 0) is 60.4 Å². The first-order valence-corrected chi connectivity index (χ1v) is 14.5. The summed E-state index contributed by atoms with van der Waals surface area (Å²) >= 11 is 0. The van der Waals surface area contributed by atoms with Crippen molar-refractivity contribution in [2.24, 2.45) is 0 Å². The normalized spacial score (nSPS) is 17.6. The van der Waals surface area contributed by atoms with Gasteiger partial charge in [0.1, 0.15) is 5.82 Å². The number of hydrogen-bond acceptors (Lipinski definition) is 1. The molecular formula is C34H41F3O. The molecule has 2 atom stereocenters. The lowest BCUT2D eigenvalue weighted by Gasteiger charge is -2.29. The van der Waals surface area contributed by atoms with Crippen LogP contribution >= 0.6 is 0 Å². The van der Waals surface area contributed by atoms with Crippen LogP contribution in [0.5, 0.6) is 0 Å². The summed E-state index contributed by atoms with van der Waals surface area (Å²) in [5.74, 6) is -1.65. The van der Waals surface area contributed by atoms with E-state index in [2.05, 4.69) is 6.92 Å². The lowest BCUT2D eigenvalue weighted by atomic mass is 9.89. The maximum atomic E-state index is 15.2. The Kier molecular flexibility index (Phi) is 10.5. The highest BCUT2D eigenvalue weighted by molar-refractivity contribution is 5.71. The zero-order valence-electron chi connectivity index (χ0n) is 22.9. The van der Waals surface area contributed by atoms with Crippen molar-refractivity contribution in [1.29, 1.82) is 0 Å². The van der Waals surface area contributed by atoms with Crippen LogP contribution in [0.15, 0.2) is 54.6 Å². The Morgan fingerprint density at radius 2 is 1.39 bits per heavy atom. The molecule has 1 nitrogen and oxygen atoms in total. The van der Waals surface area contributed by atoms with Crippen molar-refractivity contribution < 1.29 is 17.9 Å². The average Bonchev–Trinajstić information content (AvgIpc) is 2.94. The smallest absolute Gasteiger partial charge is 0.166 e. The van der Waals surface area contributed by atoms with E-state index in [1.54, 1.807) is 42.5 Å². The quantitative estimate of drug-likeness (QED) is 0.215. The van der Waals surface area contributed by atoms with Gasteiger partial charge in [-0.15, -0.1) is 0 Å². The largest absolute Gasteiger partial charge is 0.378 e. The second-order valence-corrected chi connectivity index (χ2v) is 10.8. The van der Waals surface area contributed by atoms with Crippen molar-refractivity contribution in [2.45, 2.75) is 96.5 Å². The molecule has 0 spiro atoms. The first kappa shape index (κ1) is 28.4. The van der Waals surface area contributed by atoms with Crippen LogP contribution in [0.1, 0.15) is 95.1 Å². The molecule has 0 radical (unpaired) electrons. The van der Waals surface area contributed by atoms with Crippen LogP contribution in [-0.2, 0) is 11.2 Å². The molecule has 1 saturated heterocycles. The Hall–Kier alpha value is -2.59. The van der Waals surface area contributed by atoms with E-state index in [0.717, 1.165) is 37.7 Å². The summed E-state index contributed by atoms with van der Waals surface area (Å²) < 4.78 is 50.6. The van der Waals surface area contributed by atoms with Crippen LogP contribution < -0.4 is 0 Å². The number of hydrogen-bond donors (Lipinski definition) is 0. The highest BCUT2D eigenvalue weighted by Gasteiger charge is 2.23. The van der Waals surface area contributed by atoms with Crippen LogP contribution in [0, 0.1) is 17.5 Å². The molecule has 38 heavy (non-hydrogen) atoms. The summed E-state index contributed by atoms with van der Waals surface area (Å²) in [6.45, 7) is 4.90. The molecule has 0 aromatic heterocycles. The third-order valence-electron chi connectivity index (χ3n) is 7.93. The van der Waals surface area contributed by atoms with Crippen molar-refractivity contribution in [3.63, 3.8) is 0 Å². The Balaban J connectivity index is 1.38. The lowest BCUT2D eigenvalue weighted by molar-refractivity contribution is -0.00217. The third kappa shape index (κ3) is 7.08. The number of rotatable bonds is 12. The van der Waals surface area contributed by atoms with E-state index in [0.29, 0.717) is 41.4 Å². The minimum Gasteiger partial charge on any atom is -0.378 e. The van der Waals surface area contributed by atoms with Crippen LogP contribution in [-0.4, -0.2) is 12.7 Å². The minimum atomic E-state index is -0.824. The van der Waals surface area contributed by atoms with Crippen LogP contribution in [0.2, 0.25) is 0 Å². The van der Waals surface area contributed by atoms with Gasteiger partial charge in [0.05, 0.1) is 12.7 Å². The average molecular weight is 523 g/mol. The molecule has 1 fully saturated rings. The predicted octanol–water partition coefficient (Wildman–Crippen LogP) is 10.4. The molecule has 0 N–H and O–H groups in total. The molecule has 4 heteroatoms. The van der Waals surface area contributed by atoms with E-state index >= 15 is 4.39 Å². The first-order valence-electron chi connectivity index (χ1n) is 14.5. The van der Waals surface area contributed by atoms with E-state index in [4.69, 9.17) is 4.74 Å². The summed E-state index contributed by atoms with van der Waals surface area (Å²) in [5, 5.41) is 0. The Labute approximate surface area is 226 Å². The van der Waals surface area contributed by atoms with E-state index in [-0.39, 0.29) is 17.3 Å².